The Morgan fingerprint density at radius 1 is 1.11 bits per heavy atom. The van der Waals surface area contributed by atoms with Crippen LogP contribution >= 0.6 is 11.8 Å². The number of aromatic nitrogens is 3. The van der Waals surface area contributed by atoms with E-state index < -0.39 is 0 Å². The summed E-state index contributed by atoms with van der Waals surface area (Å²) in [5, 5.41) is 10.2. The quantitative estimate of drug-likeness (QED) is 0.544. The molecule has 0 aliphatic heterocycles. The van der Waals surface area contributed by atoms with Crippen LogP contribution in [0.25, 0.3) is 0 Å². The number of nitrogens with one attached hydrogen (secondary N) is 2. The predicted molar refractivity (Wildman–Crippen MR) is 111 cm³/mol. The first-order valence-electron chi connectivity index (χ1n) is 9.36. The molecule has 6 nitrogen and oxygen atoms in total. The first-order valence-corrected chi connectivity index (χ1v) is 10.3. The van der Waals surface area contributed by atoms with Gasteiger partial charge in [-0.1, -0.05) is 85.8 Å². The van der Waals surface area contributed by atoms with Gasteiger partial charge in [-0.2, -0.15) is 0 Å². The molecule has 3 rings (SSSR count). The van der Waals surface area contributed by atoms with E-state index >= 15 is 0 Å². The zero-order chi connectivity index (χ0) is 19.8. The van der Waals surface area contributed by atoms with Crippen molar-refractivity contribution in [2.75, 3.05) is 5.75 Å². The number of benzene rings is 2. The lowest BCUT2D eigenvalue weighted by Crippen LogP contribution is -2.30. The monoisotopic (exact) mass is 396 g/mol. The van der Waals surface area contributed by atoms with Crippen molar-refractivity contribution >= 4 is 17.7 Å². The lowest BCUT2D eigenvalue weighted by molar-refractivity contribution is -0.119. The molecule has 0 saturated carbocycles. The van der Waals surface area contributed by atoms with Gasteiger partial charge in [-0.3, -0.25) is 9.36 Å². The van der Waals surface area contributed by atoms with Crippen LogP contribution in [0.15, 0.2) is 70.6 Å². The molecule has 0 spiro atoms. The fraction of sp³-hybridized carbons (Fsp3) is 0.286. The van der Waals surface area contributed by atoms with Crippen LogP contribution in [-0.4, -0.2) is 26.4 Å². The summed E-state index contributed by atoms with van der Waals surface area (Å²) >= 11 is 1.27. The van der Waals surface area contributed by atoms with Crippen molar-refractivity contribution in [2.45, 2.75) is 37.5 Å². The maximum atomic E-state index is 12.6. The Morgan fingerprint density at radius 2 is 1.71 bits per heavy atom. The number of carbonyl (C=O) groups excluding carboxylic acids is 1. The number of amides is 1. The van der Waals surface area contributed by atoms with Crippen LogP contribution in [-0.2, 0) is 11.3 Å². The van der Waals surface area contributed by atoms with Gasteiger partial charge in [0.2, 0.25) is 5.91 Å². The van der Waals surface area contributed by atoms with Crippen molar-refractivity contribution in [1.29, 1.82) is 0 Å². The molecule has 7 heteroatoms. The molecular formula is C21H24N4O2S. The first kappa shape index (κ1) is 19.9. The molecule has 28 heavy (non-hydrogen) atoms. The summed E-state index contributed by atoms with van der Waals surface area (Å²) in [6.45, 7) is 2.67. The van der Waals surface area contributed by atoms with Crippen molar-refractivity contribution in [3.8, 4) is 0 Å². The van der Waals surface area contributed by atoms with Crippen molar-refractivity contribution in [3.63, 3.8) is 0 Å². The van der Waals surface area contributed by atoms with Crippen LogP contribution in [0.1, 0.15) is 36.9 Å². The van der Waals surface area contributed by atoms with Gasteiger partial charge in [-0.15, -0.1) is 5.10 Å². The summed E-state index contributed by atoms with van der Waals surface area (Å²) < 4.78 is 1.59. The number of thioether (sulfide) groups is 1. The molecule has 146 valence electrons. The molecule has 2 N–H and O–H groups in total. The summed E-state index contributed by atoms with van der Waals surface area (Å²) in [7, 11) is 0. The number of hydrogen-bond acceptors (Lipinski definition) is 4. The number of rotatable bonds is 9. The molecular weight excluding hydrogens is 372 g/mol. The summed E-state index contributed by atoms with van der Waals surface area (Å²) in [5.74, 6) is 0.0762. The lowest BCUT2D eigenvalue weighted by Gasteiger charge is -2.19. The Kier molecular flexibility index (Phi) is 7.08. The van der Waals surface area contributed by atoms with Gasteiger partial charge in [-0.05, 0) is 17.5 Å². The molecule has 0 fully saturated rings. The third-order valence-electron chi connectivity index (χ3n) is 4.36. The Labute approximate surface area is 168 Å². The molecule has 0 bridgehead atoms. The third-order valence-corrected chi connectivity index (χ3v) is 5.34. The number of carbonyl (C=O) groups is 1. The predicted octanol–water partition coefficient (Wildman–Crippen LogP) is 3.37. The minimum Gasteiger partial charge on any atom is -0.344 e. The number of nitrogens with zero attached hydrogens (tertiary/aromatic N) is 2. The fourth-order valence-electron chi connectivity index (χ4n) is 2.91. The van der Waals surface area contributed by atoms with Crippen molar-refractivity contribution in [1.82, 2.24) is 20.1 Å². The van der Waals surface area contributed by atoms with Gasteiger partial charge < -0.3 is 5.32 Å². The minimum atomic E-state index is -0.234. The summed E-state index contributed by atoms with van der Waals surface area (Å²) in [4.78, 5) is 24.5. The maximum absolute atomic E-state index is 12.6. The Balaban J connectivity index is 1.69. The molecule has 0 atom stereocenters. The highest BCUT2D eigenvalue weighted by atomic mass is 32.2. The van der Waals surface area contributed by atoms with Gasteiger partial charge in [0, 0.05) is 6.54 Å². The van der Waals surface area contributed by atoms with Gasteiger partial charge in [0.15, 0.2) is 5.16 Å². The Hall–Kier alpha value is -2.80. The highest BCUT2D eigenvalue weighted by molar-refractivity contribution is 7.99. The van der Waals surface area contributed by atoms with Crippen LogP contribution in [0.2, 0.25) is 0 Å². The van der Waals surface area contributed by atoms with E-state index in [1.807, 2.05) is 60.7 Å². The zero-order valence-electron chi connectivity index (χ0n) is 15.8. The van der Waals surface area contributed by atoms with E-state index in [-0.39, 0.29) is 23.4 Å². The van der Waals surface area contributed by atoms with Gasteiger partial charge in [0.05, 0.1) is 11.8 Å². The van der Waals surface area contributed by atoms with Crippen LogP contribution in [0, 0.1) is 0 Å². The second-order valence-electron chi connectivity index (χ2n) is 6.43. The maximum Gasteiger partial charge on any atom is 0.343 e. The zero-order valence-corrected chi connectivity index (χ0v) is 16.6. The van der Waals surface area contributed by atoms with Gasteiger partial charge in [0.1, 0.15) is 0 Å². The van der Waals surface area contributed by atoms with Crippen LogP contribution in [0.3, 0.4) is 0 Å². The Morgan fingerprint density at radius 3 is 2.29 bits per heavy atom. The number of unbranched alkanes of at least 4 members (excludes halogenated alkanes) is 1. The normalized spacial score (nSPS) is 10.9. The Bertz CT molecular complexity index is 898. The van der Waals surface area contributed by atoms with Crippen molar-refractivity contribution in [3.05, 3.63) is 82.3 Å². The second-order valence-corrected chi connectivity index (χ2v) is 7.37. The highest BCUT2D eigenvalue weighted by Gasteiger charge is 2.18. The van der Waals surface area contributed by atoms with Gasteiger partial charge in [-0.25, -0.2) is 9.89 Å². The summed E-state index contributed by atoms with van der Waals surface area (Å²) in [6.07, 6.45) is 1.88. The lowest BCUT2D eigenvalue weighted by atomic mass is 9.99. The molecule has 1 amide bonds. The topological polar surface area (TPSA) is 79.8 Å². The standard InChI is InChI=1S/C21H24N4O2S/c1-2-3-14-25-20(27)23-24-21(25)28-15-18(26)22-19(16-10-6-4-7-11-16)17-12-8-5-9-13-17/h4-13,19H,2-3,14-15H2,1H3,(H,22,26)(H,23,27). The van der Waals surface area contributed by atoms with Gasteiger partial charge in [0.25, 0.3) is 0 Å². The van der Waals surface area contributed by atoms with Crippen molar-refractivity contribution < 1.29 is 4.79 Å². The summed E-state index contributed by atoms with van der Waals surface area (Å²) in [5.41, 5.74) is 1.81. The minimum absolute atomic E-state index is 0.111. The van der Waals surface area contributed by atoms with Crippen LogP contribution in [0.5, 0.6) is 0 Å². The molecule has 0 unspecified atom stereocenters. The SMILES string of the molecule is CCCCn1c(SCC(=O)NC(c2ccccc2)c2ccccc2)n[nH]c1=O. The van der Waals surface area contributed by atoms with E-state index in [2.05, 4.69) is 22.4 Å². The number of aromatic amines is 1. The molecule has 1 heterocycles. The third kappa shape index (κ3) is 5.13. The van der Waals surface area contributed by atoms with E-state index in [0.29, 0.717) is 11.7 Å². The highest BCUT2D eigenvalue weighted by Crippen LogP contribution is 2.22. The molecule has 0 aliphatic rings. The van der Waals surface area contributed by atoms with E-state index in [0.717, 1.165) is 24.0 Å². The molecule has 0 aliphatic carbocycles. The van der Waals surface area contributed by atoms with E-state index in [1.165, 1.54) is 11.8 Å². The van der Waals surface area contributed by atoms with Crippen LogP contribution in [0.4, 0.5) is 0 Å². The molecule has 3 aromatic rings. The molecule has 2 aromatic carbocycles. The summed E-state index contributed by atoms with van der Waals surface area (Å²) in [6, 6.07) is 19.5. The largest absolute Gasteiger partial charge is 0.344 e. The smallest absolute Gasteiger partial charge is 0.343 e. The average molecular weight is 397 g/mol. The first-order chi connectivity index (χ1) is 13.7. The van der Waals surface area contributed by atoms with Gasteiger partial charge >= 0.3 is 5.69 Å². The fourth-order valence-corrected chi connectivity index (χ4v) is 3.69. The average Bonchev–Trinajstić information content (AvgIpc) is 3.09. The van der Waals surface area contributed by atoms with E-state index in [4.69, 9.17) is 0 Å². The number of H-pyrrole nitrogens is 1. The van der Waals surface area contributed by atoms with Crippen LogP contribution < -0.4 is 11.0 Å². The molecule has 1 aromatic heterocycles. The number of hydrogen-bond donors (Lipinski definition) is 2. The molecule has 0 radical (unpaired) electrons. The van der Waals surface area contributed by atoms with Crippen molar-refractivity contribution in [2.24, 2.45) is 0 Å². The molecule has 0 saturated heterocycles. The van der Waals surface area contributed by atoms with E-state index in [9.17, 15) is 9.59 Å². The van der Waals surface area contributed by atoms with E-state index in [1.54, 1.807) is 4.57 Å². The second kappa shape index (κ2) is 9.94.